The summed E-state index contributed by atoms with van der Waals surface area (Å²) in [5.41, 5.74) is 7.73. The van der Waals surface area contributed by atoms with E-state index in [2.05, 4.69) is 25.7 Å². The highest BCUT2D eigenvalue weighted by atomic mass is 16.5. The molecule has 0 fully saturated rings. The zero-order valence-corrected chi connectivity index (χ0v) is 11.6. The number of benzene rings is 1. The molecule has 1 rings (SSSR count). The lowest BCUT2D eigenvalue weighted by molar-refractivity contribution is 0.0527. The molecule has 100 valence electrons. The van der Waals surface area contributed by atoms with Crippen molar-refractivity contribution in [3.05, 3.63) is 23.8 Å². The maximum absolute atomic E-state index is 12.0. The van der Waals surface area contributed by atoms with Gasteiger partial charge in [-0.15, -0.1) is 0 Å². The number of carbonyl (C=O) groups excluding carboxylic acids is 1. The summed E-state index contributed by atoms with van der Waals surface area (Å²) < 4.78 is 5.08. The number of nitrogens with zero attached hydrogens (tertiary/aromatic N) is 1. The second-order valence-electron chi connectivity index (χ2n) is 4.38. The third kappa shape index (κ3) is 3.15. The first-order chi connectivity index (χ1) is 8.51. The molecule has 0 saturated heterocycles. The maximum atomic E-state index is 12.0. The molecule has 0 aromatic heterocycles. The van der Waals surface area contributed by atoms with E-state index in [1.807, 2.05) is 12.1 Å². The molecule has 2 N–H and O–H groups in total. The first-order valence-electron chi connectivity index (χ1n) is 6.34. The average Bonchev–Trinajstić information content (AvgIpc) is 2.31. The largest absolute Gasteiger partial charge is 0.462 e. The van der Waals surface area contributed by atoms with E-state index in [0.717, 1.165) is 12.2 Å². The van der Waals surface area contributed by atoms with Crippen LogP contribution in [0.5, 0.6) is 0 Å². The van der Waals surface area contributed by atoms with E-state index in [-0.39, 0.29) is 5.97 Å². The fourth-order valence-corrected chi connectivity index (χ4v) is 1.99. The van der Waals surface area contributed by atoms with Gasteiger partial charge < -0.3 is 15.4 Å². The van der Waals surface area contributed by atoms with Crippen molar-refractivity contribution in [2.75, 3.05) is 23.8 Å². The molecule has 4 nitrogen and oxygen atoms in total. The van der Waals surface area contributed by atoms with Crippen molar-refractivity contribution in [3.63, 3.8) is 0 Å². The number of hydrogen-bond donors (Lipinski definition) is 1. The Hall–Kier alpha value is -1.71. The van der Waals surface area contributed by atoms with Gasteiger partial charge in [-0.1, -0.05) is 0 Å². The summed E-state index contributed by atoms with van der Waals surface area (Å²) in [6.07, 6.45) is 0. The van der Waals surface area contributed by atoms with E-state index < -0.39 is 0 Å². The number of nitrogen functional groups attached to an aromatic ring is 1. The van der Waals surface area contributed by atoms with Crippen LogP contribution < -0.4 is 10.6 Å². The number of carbonyl (C=O) groups is 1. The van der Waals surface area contributed by atoms with Crippen molar-refractivity contribution < 1.29 is 9.53 Å². The second kappa shape index (κ2) is 6.28. The third-order valence-electron chi connectivity index (χ3n) is 2.79. The van der Waals surface area contributed by atoms with Gasteiger partial charge in [0.1, 0.15) is 0 Å². The summed E-state index contributed by atoms with van der Waals surface area (Å²) in [6, 6.07) is 5.68. The van der Waals surface area contributed by atoms with Crippen molar-refractivity contribution in [2.45, 2.75) is 33.7 Å². The molecule has 0 bridgehead atoms. The van der Waals surface area contributed by atoms with Gasteiger partial charge in [0, 0.05) is 18.3 Å². The van der Waals surface area contributed by atoms with Gasteiger partial charge in [-0.3, -0.25) is 0 Å². The summed E-state index contributed by atoms with van der Waals surface area (Å²) in [5, 5.41) is 0. The van der Waals surface area contributed by atoms with E-state index in [1.165, 1.54) is 0 Å². The lowest BCUT2D eigenvalue weighted by Crippen LogP contribution is -2.32. The van der Waals surface area contributed by atoms with Crippen molar-refractivity contribution >= 4 is 17.3 Å². The molecule has 0 heterocycles. The highest BCUT2D eigenvalue weighted by Gasteiger charge is 2.18. The Morgan fingerprint density at radius 2 is 2.06 bits per heavy atom. The molecule has 0 spiro atoms. The van der Waals surface area contributed by atoms with Gasteiger partial charge in [-0.2, -0.15) is 0 Å². The Morgan fingerprint density at radius 3 is 2.56 bits per heavy atom. The quantitative estimate of drug-likeness (QED) is 0.645. The van der Waals surface area contributed by atoms with E-state index in [0.29, 0.717) is 23.9 Å². The van der Waals surface area contributed by atoms with Crippen LogP contribution in [0.1, 0.15) is 38.1 Å². The first kappa shape index (κ1) is 14.4. The Morgan fingerprint density at radius 1 is 1.39 bits per heavy atom. The lowest BCUT2D eigenvalue weighted by atomic mass is 10.1. The Bertz CT molecular complexity index is 416. The van der Waals surface area contributed by atoms with Gasteiger partial charge in [0.15, 0.2) is 0 Å². The number of rotatable bonds is 5. The number of ether oxygens (including phenoxy) is 1. The maximum Gasteiger partial charge on any atom is 0.340 e. The molecule has 0 amide bonds. The standard InChI is InChI=1S/C14H22N2O2/c1-5-16(10(3)4)13-8-7-11(15)9-12(13)14(17)18-6-2/h7-10H,5-6,15H2,1-4H3. The Balaban J connectivity index is 3.21. The number of hydrogen-bond acceptors (Lipinski definition) is 4. The lowest BCUT2D eigenvalue weighted by Gasteiger charge is -2.29. The molecule has 18 heavy (non-hydrogen) atoms. The molecular weight excluding hydrogens is 228 g/mol. The summed E-state index contributed by atoms with van der Waals surface area (Å²) in [6.45, 7) is 9.23. The summed E-state index contributed by atoms with van der Waals surface area (Å²) in [5.74, 6) is -0.320. The van der Waals surface area contributed by atoms with Crippen LogP contribution in [-0.2, 0) is 4.74 Å². The molecule has 0 aliphatic carbocycles. The van der Waals surface area contributed by atoms with Crippen LogP contribution in [0.25, 0.3) is 0 Å². The minimum Gasteiger partial charge on any atom is -0.462 e. The van der Waals surface area contributed by atoms with Crippen LogP contribution in [0.4, 0.5) is 11.4 Å². The van der Waals surface area contributed by atoms with E-state index in [9.17, 15) is 4.79 Å². The van der Waals surface area contributed by atoms with E-state index in [4.69, 9.17) is 10.5 Å². The fraction of sp³-hybridized carbons (Fsp3) is 0.500. The summed E-state index contributed by atoms with van der Waals surface area (Å²) in [7, 11) is 0. The van der Waals surface area contributed by atoms with Gasteiger partial charge in [0.2, 0.25) is 0 Å². The normalized spacial score (nSPS) is 10.5. The van der Waals surface area contributed by atoms with E-state index >= 15 is 0 Å². The summed E-state index contributed by atoms with van der Waals surface area (Å²) >= 11 is 0. The molecule has 0 atom stereocenters. The molecular formula is C14H22N2O2. The molecule has 1 aromatic carbocycles. The molecule has 0 saturated carbocycles. The van der Waals surface area contributed by atoms with Gasteiger partial charge in [-0.05, 0) is 45.9 Å². The highest BCUT2D eigenvalue weighted by molar-refractivity contribution is 5.97. The zero-order chi connectivity index (χ0) is 13.7. The van der Waals surface area contributed by atoms with E-state index in [1.54, 1.807) is 13.0 Å². The molecule has 0 radical (unpaired) electrons. The van der Waals surface area contributed by atoms with Gasteiger partial charge in [-0.25, -0.2) is 4.79 Å². The minimum atomic E-state index is -0.320. The molecule has 4 heteroatoms. The van der Waals surface area contributed by atoms with Crippen LogP contribution in [0, 0.1) is 0 Å². The Kier molecular flexibility index (Phi) is 5.01. The third-order valence-corrected chi connectivity index (χ3v) is 2.79. The smallest absolute Gasteiger partial charge is 0.340 e. The molecule has 0 aliphatic rings. The molecule has 1 aromatic rings. The first-order valence-corrected chi connectivity index (χ1v) is 6.34. The summed E-state index contributed by atoms with van der Waals surface area (Å²) in [4.78, 5) is 14.1. The van der Waals surface area contributed by atoms with Crippen molar-refractivity contribution in [1.82, 2.24) is 0 Å². The van der Waals surface area contributed by atoms with Crippen LogP contribution in [0.15, 0.2) is 18.2 Å². The van der Waals surface area contributed by atoms with Gasteiger partial charge in [0.05, 0.1) is 17.9 Å². The van der Waals surface area contributed by atoms with Gasteiger partial charge >= 0.3 is 5.97 Å². The second-order valence-corrected chi connectivity index (χ2v) is 4.38. The average molecular weight is 250 g/mol. The van der Waals surface area contributed by atoms with Crippen molar-refractivity contribution in [2.24, 2.45) is 0 Å². The number of nitrogens with two attached hydrogens (primary N) is 1. The highest BCUT2D eigenvalue weighted by Crippen LogP contribution is 2.25. The van der Waals surface area contributed by atoms with Crippen molar-refractivity contribution in [1.29, 1.82) is 0 Å². The zero-order valence-electron chi connectivity index (χ0n) is 11.6. The van der Waals surface area contributed by atoms with Crippen LogP contribution in [0.2, 0.25) is 0 Å². The monoisotopic (exact) mass is 250 g/mol. The van der Waals surface area contributed by atoms with Crippen LogP contribution in [-0.4, -0.2) is 25.2 Å². The Labute approximate surface area is 109 Å². The van der Waals surface area contributed by atoms with Gasteiger partial charge in [0.25, 0.3) is 0 Å². The molecule has 0 unspecified atom stereocenters. The van der Waals surface area contributed by atoms with Crippen LogP contribution >= 0.6 is 0 Å². The number of esters is 1. The predicted octanol–water partition coefficient (Wildman–Crippen LogP) is 2.68. The minimum absolute atomic E-state index is 0.312. The number of anilines is 2. The predicted molar refractivity (Wildman–Crippen MR) is 75.0 cm³/mol. The van der Waals surface area contributed by atoms with Crippen molar-refractivity contribution in [3.8, 4) is 0 Å². The topological polar surface area (TPSA) is 55.6 Å². The van der Waals surface area contributed by atoms with Crippen LogP contribution in [0.3, 0.4) is 0 Å². The fourth-order valence-electron chi connectivity index (χ4n) is 1.99. The molecule has 0 aliphatic heterocycles. The SMILES string of the molecule is CCOC(=O)c1cc(N)ccc1N(CC)C(C)C.